The van der Waals surface area contributed by atoms with Crippen molar-refractivity contribution in [1.29, 1.82) is 0 Å². The lowest BCUT2D eigenvalue weighted by atomic mass is 10.2. The average Bonchev–Trinajstić information content (AvgIpc) is 2.79. The van der Waals surface area contributed by atoms with E-state index in [-0.39, 0.29) is 27.3 Å². The van der Waals surface area contributed by atoms with Crippen LogP contribution in [-0.2, 0) is 14.8 Å². The molecule has 0 radical (unpaired) electrons. The molecule has 8 nitrogen and oxygen atoms in total. The summed E-state index contributed by atoms with van der Waals surface area (Å²) in [4.78, 5) is 30.7. The number of halogens is 3. The lowest BCUT2D eigenvalue weighted by Crippen LogP contribution is -2.23. The summed E-state index contributed by atoms with van der Waals surface area (Å²) < 4.78 is 26.3. The van der Waals surface area contributed by atoms with Gasteiger partial charge in [-0.2, -0.15) is 0 Å². The van der Waals surface area contributed by atoms with Gasteiger partial charge in [0.25, 0.3) is 5.56 Å². The molecule has 0 aliphatic carbocycles. The van der Waals surface area contributed by atoms with E-state index in [4.69, 9.17) is 16.7 Å². The second-order valence-electron chi connectivity index (χ2n) is 7.20. The van der Waals surface area contributed by atoms with Crippen molar-refractivity contribution >= 4 is 101 Å². The van der Waals surface area contributed by atoms with Crippen LogP contribution in [0.15, 0.2) is 75.5 Å². The van der Waals surface area contributed by atoms with E-state index in [0.717, 1.165) is 18.9 Å². The third-order valence-electron chi connectivity index (χ3n) is 4.74. The maximum atomic E-state index is 13.6. The largest absolute Gasteiger partial charge is 0.325 e. The second-order valence-corrected chi connectivity index (χ2v) is 12.5. The summed E-state index contributed by atoms with van der Waals surface area (Å²) in [7, 11) is -3.89. The Bertz CT molecular complexity index is 1610. The van der Waals surface area contributed by atoms with Crippen LogP contribution in [0.1, 0.15) is 0 Å². The summed E-state index contributed by atoms with van der Waals surface area (Å²) in [6.07, 6.45) is 0. The lowest BCUT2D eigenvalue weighted by Gasteiger charge is -2.14. The van der Waals surface area contributed by atoms with Crippen molar-refractivity contribution in [2.24, 2.45) is 5.14 Å². The second kappa shape index (κ2) is 10.7. The van der Waals surface area contributed by atoms with E-state index < -0.39 is 10.0 Å². The number of hydrogen-bond acceptors (Lipinski definition) is 6. The third-order valence-corrected chi connectivity index (χ3v) is 8.31. The molecule has 0 saturated carbocycles. The van der Waals surface area contributed by atoms with Crippen molar-refractivity contribution in [1.82, 2.24) is 9.55 Å². The van der Waals surface area contributed by atoms with Gasteiger partial charge < -0.3 is 5.32 Å². The number of hydrogen-bond donors (Lipinski definition) is 2. The summed E-state index contributed by atoms with van der Waals surface area (Å²) in [6.45, 7) is 0. The molecule has 13 heteroatoms. The molecule has 0 atom stereocenters. The Hall–Kier alpha value is -1.72. The number of aromatic nitrogens is 2. The van der Waals surface area contributed by atoms with Crippen molar-refractivity contribution < 1.29 is 13.2 Å². The maximum Gasteiger partial charge on any atom is 0.266 e. The Morgan fingerprint density at radius 1 is 1.09 bits per heavy atom. The SMILES string of the molecule is NS(=O)(=O)c1ccc(-n2c(SCC(=O)Nc3ccc(Cl)cc3)nc3c(I)cc(I)cc3c2=O)cc1. The van der Waals surface area contributed by atoms with Crippen LogP contribution in [0.3, 0.4) is 0 Å². The van der Waals surface area contributed by atoms with E-state index in [9.17, 15) is 18.0 Å². The fourth-order valence-electron chi connectivity index (χ4n) is 3.17. The highest BCUT2D eigenvalue weighted by Gasteiger charge is 2.18. The fourth-order valence-corrected chi connectivity index (χ4v) is 6.58. The number of primary sulfonamides is 1. The number of nitrogens with one attached hydrogen (secondary N) is 1. The molecular formula is C22H15ClI2N4O4S2. The van der Waals surface area contributed by atoms with Gasteiger partial charge in [0.2, 0.25) is 15.9 Å². The van der Waals surface area contributed by atoms with Gasteiger partial charge in [0, 0.05) is 17.9 Å². The van der Waals surface area contributed by atoms with Crippen molar-refractivity contribution in [3.63, 3.8) is 0 Å². The molecule has 0 aliphatic heterocycles. The zero-order valence-electron chi connectivity index (χ0n) is 17.5. The third kappa shape index (κ3) is 6.17. The molecule has 3 N–H and O–H groups in total. The molecular weight excluding hydrogens is 738 g/mol. The number of fused-ring (bicyclic) bond motifs is 1. The molecule has 0 fully saturated rings. The van der Waals surface area contributed by atoms with E-state index in [1.807, 2.05) is 6.07 Å². The standard InChI is InChI=1S/C22H15ClI2N4O4S2/c23-12-1-3-14(4-2-12)27-19(30)11-34-22-28-20-17(9-13(24)10-18(20)25)21(31)29(22)15-5-7-16(8-6-15)35(26,32)33/h1-10H,11H2,(H,27,30)(H2,26,32,33). The zero-order valence-corrected chi connectivity index (χ0v) is 24.2. The van der Waals surface area contributed by atoms with Crippen LogP contribution in [0.4, 0.5) is 5.69 Å². The average molecular weight is 753 g/mol. The minimum atomic E-state index is -3.89. The van der Waals surface area contributed by atoms with Crippen molar-refractivity contribution in [2.75, 3.05) is 11.1 Å². The van der Waals surface area contributed by atoms with Crippen LogP contribution < -0.4 is 16.0 Å². The number of anilines is 1. The summed E-state index contributed by atoms with van der Waals surface area (Å²) in [5.41, 5.74) is 1.17. The molecule has 0 spiro atoms. The van der Waals surface area contributed by atoms with Crippen LogP contribution >= 0.6 is 68.5 Å². The van der Waals surface area contributed by atoms with Crippen LogP contribution in [0.2, 0.25) is 5.02 Å². The number of sulfonamides is 1. The van der Waals surface area contributed by atoms with Gasteiger partial charge in [0.15, 0.2) is 5.16 Å². The number of amides is 1. The molecule has 0 saturated heterocycles. The molecule has 1 heterocycles. The minimum absolute atomic E-state index is 0.0171. The highest BCUT2D eigenvalue weighted by molar-refractivity contribution is 14.1. The van der Waals surface area contributed by atoms with Gasteiger partial charge in [-0.15, -0.1) is 0 Å². The lowest BCUT2D eigenvalue weighted by molar-refractivity contribution is -0.113. The van der Waals surface area contributed by atoms with Crippen molar-refractivity contribution in [3.05, 3.63) is 83.2 Å². The van der Waals surface area contributed by atoms with Gasteiger partial charge in [-0.05, 0) is 106 Å². The first-order valence-electron chi connectivity index (χ1n) is 9.76. The van der Waals surface area contributed by atoms with E-state index in [1.54, 1.807) is 30.3 Å². The van der Waals surface area contributed by atoms with Crippen LogP contribution in [0, 0.1) is 7.14 Å². The number of benzene rings is 3. The molecule has 180 valence electrons. The first kappa shape index (κ1) is 26.3. The number of thioether (sulfide) groups is 1. The van der Waals surface area contributed by atoms with Crippen molar-refractivity contribution in [3.8, 4) is 5.69 Å². The van der Waals surface area contributed by atoms with Gasteiger partial charge >= 0.3 is 0 Å². The van der Waals surface area contributed by atoms with Crippen LogP contribution in [-0.4, -0.2) is 29.6 Å². The molecule has 3 aromatic carbocycles. The molecule has 0 unspecified atom stereocenters. The van der Waals surface area contributed by atoms with Gasteiger partial charge in [-0.3, -0.25) is 14.2 Å². The Morgan fingerprint density at radius 2 is 1.74 bits per heavy atom. The number of nitrogens with two attached hydrogens (primary N) is 1. The van der Waals surface area contributed by atoms with Crippen LogP contribution in [0.25, 0.3) is 16.6 Å². The van der Waals surface area contributed by atoms with E-state index in [2.05, 4.69) is 55.5 Å². The predicted molar refractivity (Wildman–Crippen MR) is 155 cm³/mol. The molecule has 4 rings (SSSR count). The molecule has 1 amide bonds. The number of rotatable bonds is 6. The molecule has 0 bridgehead atoms. The zero-order chi connectivity index (χ0) is 25.3. The highest BCUT2D eigenvalue weighted by atomic mass is 127. The number of carbonyl (C=O) groups excluding carboxylic acids is 1. The molecule has 1 aromatic heterocycles. The summed E-state index contributed by atoms with van der Waals surface area (Å²) in [6, 6.07) is 16.0. The smallest absolute Gasteiger partial charge is 0.266 e. The Balaban J connectivity index is 1.75. The summed E-state index contributed by atoms with van der Waals surface area (Å²) in [5, 5.41) is 9.23. The number of carbonyl (C=O) groups is 1. The van der Waals surface area contributed by atoms with Gasteiger partial charge in [-0.25, -0.2) is 18.5 Å². The van der Waals surface area contributed by atoms with Gasteiger partial charge in [-0.1, -0.05) is 23.4 Å². The van der Waals surface area contributed by atoms with E-state index in [0.29, 0.717) is 27.3 Å². The monoisotopic (exact) mass is 752 g/mol. The number of nitrogens with zero attached hydrogens (tertiary/aromatic N) is 2. The minimum Gasteiger partial charge on any atom is -0.325 e. The van der Waals surface area contributed by atoms with Crippen LogP contribution in [0.5, 0.6) is 0 Å². The quantitative estimate of drug-likeness (QED) is 0.168. The molecule has 35 heavy (non-hydrogen) atoms. The van der Waals surface area contributed by atoms with Gasteiger partial charge in [0.05, 0.1) is 27.2 Å². The Kier molecular flexibility index (Phi) is 8.07. The predicted octanol–water partition coefficient (Wildman–Crippen LogP) is 4.63. The van der Waals surface area contributed by atoms with Gasteiger partial charge in [0.1, 0.15) is 0 Å². The first-order chi connectivity index (χ1) is 16.5. The Labute approximate surface area is 237 Å². The fraction of sp³-hybridized carbons (Fsp3) is 0.0455. The van der Waals surface area contributed by atoms with E-state index >= 15 is 0 Å². The topological polar surface area (TPSA) is 124 Å². The Morgan fingerprint density at radius 3 is 2.37 bits per heavy atom. The summed E-state index contributed by atoms with van der Waals surface area (Å²) in [5.74, 6) is -0.309. The summed E-state index contributed by atoms with van der Waals surface area (Å²) >= 11 is 11.2. The van der Waals surface area contributed by atoms with E-state index in [1.165, 1.54) is 28.8 Å². The normalized spacial score (nSPS) is 11.5. The maximum absolute atomic E-state index is 13.6. The first-order valence-corrected chi connectivity index (χ1v) is 14.8. The molecule has 4 aromatic rings. The van der Waals surface area contributed by atoms with Crippen molar-refractivity contribution in [2.45, 2.75) is 10.1 Å². The highest BCUT2D eigenvalue weighted by Crippen LogP contribution is 2.26. The molecule has 0 aliphatic rings.